The van der Waals surface area contributed by atoms with Crippen LogP contribution in [-0.2, 0) is 0 Å². The van der Waals surface area contributed by atoms with Crippen LogP contribution in [0.4, 0.5) is 11.6 Å². The Kier molecular flexibility index (Phi) is 4.98. The molecule has 0 saturated carbocycles. The van der Waals surface area contributed by atoms with Crippen molar-refractivity contribution in [1.82, 2.24) is 15.2 Å². The summed E-state index contributed by atoms with van der Waals surface area (Å²) in [5, 5.41) is 15.4. The molecule has 0 saturated heterocycles. The monoisotopic (exact) mass is 311 g/mol. The van der Waals surface area contributed by atoms with Gasteiger partial charge in [0.05, 0.1) is 15.7 Å². The van der Waals surface area contributed by atoms with E-state index in [4.69, 9.17) is 23.2 Å². The largest absolute Gasteiger partial charge is 0.367 e. The lowest BCUT2D eigenvalue weighted by Crippen LogP contribution is -2.15. The van der Waals surface area contributed by atoms with Gasteiger partial charge < -0.3 is 10.6 Å². The van der Waals surface area contributed by atoms with Crippen LogP contribution in [0.2, 0.25) is 10.0 Å². The number of aromatic nitrogens is 3. The van der Waals surface area contributed by atoms with E-state index in [0.29, 0.717) is 29.0 Å². The number of anilines is 2. The minimum atomic E-state index is 0.503. The summed E-state index contributed by atoms with van der Waals surface area (Å²) >= 11 is 11.8. The third-order valence-electron chi connectivity index (χ3n) is 2.76. The van der Waals surface area contributed by atoms with E-state index >= 15 is 0 Å². The van der Waals surface area contributed by atoms with Crippen molar-refractivity contribution >= 4 is 34.8 Å². The minimum Gasteiger partial charge on any atom is -0.367 e. The Morgan fingerprint density at radius 2 is 1.80 bits per heavy atom. The van der Waals surface area contributed by atoms with Gasteiger partial charge in [0.25, 0.3) is 0 Å². The highest BCUT2D eigenvalue weighted by atomic mass is 35.5. The third-order valence-corrected chi connectivity index (χ3v) is 3.26. The van der Waals surface area contributed by atoms with Crippen LogP contribution in [0.15, 0.2) is 18.3 Å². The van der Waals surface area contributed by atoms with Gasteiger partial charge >= 0.3 is 0 Å². The molecule has 0 aromatic carbocycles. The predicted molar refractivity (Wildman–Crippen MR) is 82.7 cm³/mol. The smallest absolute Gasteiger partial charge is 0.148 e. The molecule has 0 radical (unpaired) electrons. The molecular formula is C13H15Cl2N5. The first kappa shape index (κ1) is 14.8. The summed E-state index contributed by atoms with van der Waals surface area (Å²) in [7, 11) is 0. The maximum absolute atomic E-state index is 6.01. The van der Waals surface area contributed by atoms with E-state index in [1.807, 2.05) is 19.9 Å². The molecule has 0 unspecified atom stereocenters. The maximum Gasteiger partial charge on any atom is 0.148 e. The first-order valence-electron chi connectivity index (χ1n) is 6.16. The highest BCUT2D eigenvalue weighted by Gasteiger charge is 2.02. The fraction of sp³-hybridized carbons (Fsp3) is 0.308. The minimum absolute atomic E-state index is 0.503. The van der Waals surface area contributed by atoms with Crippen molar-refractivity contribution in [1.29, 1.82) is 0 Å². The molecule has 0 spiro atoms. The van der Waals surface area contributed by atoms with Crippen LogP contribution in [-0.4, -0.2) is 28.3 Å². The van der Waals surface area contributed by atoms with E-state index in [1.165, 1.54) is 0 Å². The molecule has 2 heterocycles. The molecule has 2 aromatic rings. The van der Waals surface area contributed by atoms with Crippen LogP contribution in [0.1, 0.15) is 11.3 Å². The number of halogens is 2. The maximum atomic E-state index is 6.01. The summed E-state index contributed by atoms with van der Waals surface area (Å²) in [5.41, 5.74) is 2.05. The number of aryl methyl sites for hydroxylation is 2. The van der Waals surface area contributed by atoms with Crippen LogP contribution >= 0.6 is 23.2 Å². The van der Waals surface area contributed by atoms with Crippen LogP contribution in [0.3, 0.4) is 0 Å². The van der Waals surface area contributed by atoms with E-state index in [2.05, 4.69) is 25.8 Å². The molecule has 0 atom stereocenters. The lowest BCUT2D eigenvalue weighted by molar-refractivity contribution is 0.943. The van der Waals surface area contributed by atoms with Crippen LogP contribution in [0, 0.1) is 13.8 Å². The van der Waals surface area contributed by atoms with Gasteiger partial charge in [-0.3, -0.25) is 0 Å². The van der Waals surface area contributed by atoms with Crippen LogP contribution in [0.5, 0.6) is 0 Å². The van der Waals surface area contributed by atoms with Gasteiger partial charge in [0, 0.05) is 19.3 Å². The topological polar surface area (TPSA) is 62.7 Å². The fourth-order valence-corrected chi connectivity index (χ4v) is 2.00. The molecular weight excluding hydrogens is 297 g/mol. The highest BCUT2D eigenvalue weighted by molar-refractivity contribution is 6.35. The van der Waals surface area contributed by atoms with Crippen molar-refractivity contribution < 1.29 is 0 Å². The van der Waals surface area contributed by atoms with Crippen molar-refractivity contribution in [2.45, 2.75) is 13.8 Å². The second-order valence-electron chi connectivity index (χ2n) is 4.34. The zero-order valence-corrected chi connectivity index (χ0v) is 12.8. The average Bonchev–Trinajstić information content (AvgIpc) is 2.40. The normalized spacial score (nSPS) is 10.4. The predicted octanol–water partition coefficient (Wildman–Crippen LogP) is 3.32. The number of pyridine rings is 1. The summed E-state index contributed by atoms with van der Waals surface area (Å²) in [6.07, 6.45) is 1.55. The third kappa shape index (κ3) is 3.95. The Balaban J connectivity index is 1.82. The molecule has 0 fully saturated rings. The van der Waals surface area contributed by atoms with Gasteiger partial charge in [-0.25, -0.2) is 4.98 Å². The van der Waals surface area contributed by atoms with Gasteiger partial charge in [0.1, 0.15) is 11.6 Å². The van der Waals surface area contributed by atoms with Crippen LogP contribution in [0.25, 0.3) is 0 Å². The molecule has 0 bridgehead atoms. The molecule has 20 heavy (non-hydrogen) atoms. The van der Waals surface area contributed by atoms with Crippen molar-refractivity contribution in [2.75, 3.05) is 23.7 Å². The lowest BCUT2D eigenvalue weighted by atomic mass is 10.2. The van der Waals surface area contributed by atoms with Crippen molar-refractivity contribution in [3.63, 3.8) is 0 Å². The summed E-state index contributed by atoms with van der Waals surface area (Å²) in [6.45, 7) is 5.27. The molecule has 0 aliphatic rings. The van der Waals surface area contributed by atoms with Crippen molar-refractivity contribution in [3.8, 4) is 0 Å². The molecule has 5 nitrogen and oxygen atoms in total. The van der Waals surface area contributed by atoms with Gasteiger partial charge in [0.15, 0.2) is 0 Å². The quantitative estimate of drug-likeness (QED) is 0.829. The Labute approximate surface area is 127 Å². The van der Waals surface area contributed by atoms with E-state index in [0.717, 1.165) is 17.1 Å². The Bertz CT molecular complexity index is 603. The van der Waals surface area contributed by atoms with Gasteiger partial charge in [-0.15, -0.1) is 5.10 Å². The standard InChI is InChI=1S/C13H15Cl2N5/c1-8-5-12(20-19-9(8)2)16-3-4-17-13-11(15)6-10(14)7-18-13/h5-7H,3-4H2,1-2H3,(H,16,20)(H,17,18). The molecule has 106 valence electrons. The van der Waals surface area contributed by atoms with E-state index in [-0.39, 0.29) is 0 Å². The molecule has 2 aromatic heterocycles. The number of rotatable bonds is 5. The number of nitrogens with zero attached hydrogens (tertiary/aromatic N) is 3. The summed E-state index contributed by atoms with van der Waals surface area (Å²) in [5.74, 6) is 1.37. The number of hydrogen-bond acceptors (Lipinski definition) is 5. The average molecular weight is 312 g/mol. The van der Waals surface area contributed by atoms with Crippen molar-refractivity contribution in [2.24, 2.45) is 0 Å². The van der Waals surface area contributed by atoms with Gasteiger partial charge in [-0.05, 0) is 31.5 Å². The molecule has 2 N–H and O–H groups in total. The van der Waals surface area contributed by atoms with E-state index in [1.54, 1.807) is 12.3 Å². The molecule has 7 heteroatoms. The second-order valence-corrected chi connectivity index (χ2v) is 5.18. The van der Waals surface area contributed by atoms with Gasteiger partial charge in [-0.2, -0.15) is 5.10 Å². The first-order chi connectivity index (χ1) is 9.56. The Morgan fingerprint density at radius 3 is 2.50 bits per heavy atom. The first-order valence-corrected chi connectivity index (χ1v) is 6.91. The van der Waals surface area contributed by atoms with Gasteiger partial charge in [-0.1, -0.05) is 23.2 Å². The number of hydrogen-bond donors (Lipinski definition) is 2. The SMILES string of the molecule is Cc1cc(NCCNc2ncc(Cl)cc2Cl)nnc1C. The molecule has 0 aliphatic carbocycles. The molecule has 0 amide bonds. The Morgan fingerprint density at radius 1 is 1.05 bits per heavy atom. The summed E-state index contributed by atoms with van der Waals surface area (Å²) in [6, 6.07) is 3.62. The second kappa shape index (κ2) is 6.72. The molecule has 2 rings (SSSR count). The van der Waals surface area contributed by atoms with Crippen LogP contribution < -0.4 is 10.6 Å². The highest BCUT2D eigenvalue weighted by Crippen LogP contribution is 2.22. The number of nitrogens with one attached hydrogen (secondary N) is 2. The molecule has 0 aliphatic heterocycles. The van der Waals surface area contributed by atoms with E-state index < -0.39 is 0 Å². The van der Waals surface area contributed by atoms with Gasteiger partial charge in [0.2, 0.25) is 0 Å². The zero-order valence-electron chi connectivity index (χ0n) is 11.2. The lowest BCUT2D eigenvalue weighted by Gasteiger charge is -2.09. The Hall–Kier alpha value is -1.59. The van der Waals surface area contributed by atoms with E-state index in [9.17, 15) is 0 Å². The fourth-order valence-electron chi connectivity index (χ4n) is 1.55. The zero-order chi connectivity index (χ0) is 14.5. The van der Waals surface area contributed by atoms with Crippen molar-refractivity contribution in [3.05, 3.63) is 39.6 Å². The summed E-state index contributed by atoms with van der Waals surface area (Å²) in [4.78, 5) is 4.12. The summed E-state index contributed by atoms with van der Waals surface area (Å²) < 4.78 is 0.